The molecule has 3 rings (SSSR count). The summed E-state index contributed by atoms with van der Waals surface area (Å²) in [5.74, 6) is 0. The zero-order valence-corrected chi connectivity index (χ0v) is 18.1. The minimum atomic E-state index is -0.826. The van der Waals surface area contributed by atoms with E-state index in [0.717, 1.165) is 6.42 Å². The van der Waals surface area contributed by atoms with Gasteiger partial charge >= 0.3 is 37.9 Å². The summed E-state index contributed by atoms with van der Waals surface area (Å²) in [6, 6.07) is 15.7. The number of halogens is 2. The van der Waals surface area contributed by atoms with E-state index >= 15 is 0 Å². The van der Waals surface area contributed by atoms with Crippen molar-refractivity contribution in [1.82, 2.24) is 0 Å². The summed E-state index contributed by atoms with van der Waals surface area (Å²) in [5.41, 5.74) is 8.61. The number of fused-ring (bicyclic) bond motifs is 1. The van der Waals surface area contributed by atoms with E-state index in [1.54, 1.807) is 0 Å². The van der Waals surface area contributed by atoms with Crippen molar-refractivity contribution in [3.63, 3.8) is 0 Å². The molecule has 0 saturated carbocycles. The summed E-state index contributed by atoms with van der Waals surface area (Å²) in [5, 5.41) is 0. The molecule has 0 atom stereocenters. The fourth-order valence-corrected chi connectivity index (χ4v) is 2.94. The predicted octanol–water partition coefficient (Wildman–Crippen LogP) is 6.99. The van der Waals surface area contributed by atoms with Crippen LogP contribution >= 0.6 is 17.0 Å². The zero-order valence-electron chi connectivity index (χ0n) is 14.1. The molecule has 0 N–H and O–H groups in total. The Morgan fingerprint density at radius 1 is 0.957 bits per heavy atom. The second-order valence-electron chi connectivity index (χ2n) is 6.94. The van der Waals surface area contributed by atoms with Gasteiger partial charge < -0.3 is 0 Å². The van der Waals surface area contributed by atoms with Crippen LogP contribution in [-0.2, 0) is 32.7 Å². The van der Waals surface area contributed by atoms with E-state index in [1.807, 2.05) is 0 Å². The van der Waals surface area contributed by atoms with Crippen LogP contribution in [0.25, 0.3) is 17.2 Å². The van der Waals surface area contributed by atoms with Crippen LogP contribution in [0, 0.1) is 0 Å². The standard InChI is InChI=1S/C20H22.2ClH.Zr/c1-14-12-16-6-5-7-18(19(16)13-14)15-8-10-17(11-9-15)20(2,3)4;;;/h5-11,13H,12H2,1-4H3;2*1H;/q;;;+2/p-2. The summed E-state index contributed by atoms with van der Waals surface area (Å²) < 4.78 is 0. The van der Waals surface area contributed by atoms with Gasteiger partial charge in [-0.15, -0.1) is 0 Å². The van der Waals surface area contributed by atoms with Crippen LogP contribution < -0.4 is 0 Å². The van der Waals surface area contributed by atoms with E-state index in [-0.39, 0.29) is 5.41 Å². The molecule has 0 saturated heterocycles. The summed E-state index contributed by atoms with van der Waals surface area (Å²) in [7, 11) is 9.87. The molecule has 0 spiro atoms. The maximum absolute atomic E-state index is 4.93. The first kappa shape index (κ1) is 19.0. The van der Waals surface area contributed by atoms with Gasteiger partial charge in [0.2, 0.25) is 0 Å². The monoisotopic (exact) mass is 422 g/mol. The van der Waals surface area contributed by atoms with Crippen molar-refractivity contribution in [3.8, 4) is 11.1 Å². The first-order valence-electron chi connectivity index (χ1n) is 7.73. The van der Waals surface area contributed by atoms with Crippen LogP contribution in [0.5, 0.6) is 0 Å². The molecule has 3 heteroatoms. The van der Waals surface area contributed by atoms with Crippen LogP contribution in [-0.4, -0.2) is 0 Å². The Balaban J connectivity index is 0.000000595. The van der Waals surface area contributed by atoms with Crippen LogP contribution in [0.3, 0.4) is 0 Å². The van der Waals surface area contributed by atoms with Gasteiger partial charge in [0.05, 0.1) is 0 Å². The molecule has 2 aromatic carbocycles. The van der Waals surface area contributed by atoms with E-state index in [1.165, 1.54) is 33.4 Å². The van der Waals surface area contributed by atoms with Gasteiger partial charge in [-0.25, -0.2) is 0 Å². The Kier molecular flexibility index (Phi) is 6.72. The Labute approximate surface area is 158 Å². The molecule has 0 unspecified atom stereocenters. The summed E-state index contributed by atoms with van der Waals surface area (Å²) in [6.45, 7) is 8.99. The van der Waals surface area contributed by atoms with Crippen molar-refractivity contribution >= 4 is 23.1 Å². The molecule has 2 aromatic rings. The molecule has 0 fully saturated rings. The third-order valence-electron chi connectivity index (χ3n) is 4.12. The molecule has 0 aliphatic heterocycles. The molecular weight excluding hydrogens is 402 g/mol. The molecule has 0 aromatic heterocycles. The number of rotatable bonds is 1. The number of benzene rings is 2. The molecule has 0 radical (unpaired) electrons. The van der Waals surface area contributed by atoms with Gasteiger partial charge in [0.15, 0.2) is 0 Å². The van der Waals surface area contributed by atoms with E-state index in [9.17, 15) is 0 Å². The van der Waals surface area contributed by atoms with Gasteiger partial charge in [0, 0.05) is 0 Å². The second kappa shape index (κ2) is 8.15. The molecular formula is C20H22Cl2Zr. The second-order valence-corrected chi connectivity index (χ2v) is 10.7. The number of hydrogen-bond acceptors (Lipinski definition) is 0. The first-order chi connectivity index (χ1) is 10.9. The van der Waals surface area contributed by atoms with E-state index < -0.39 is 20.8 Å². The Bertz CT molecular complexity index is 695. The maximum atomic E-state index is 4.93. The van der Waals surface area contributed by atoms with Crippen molar-refractivity contribution in [3.05, 3.63) is 64.7 Å². The van der Waals surface area contributed by atoms with Crippen LogP contribution in [0.4, 0.5) is 0 Å². The van der Waals surface area contributed by atoms with Crippen molar-refractivity contribution in [1.29, 1.82) is 0 Å². The molecule has 120 valence electrons. The van der Waals surface area contributed by atoms with Gasteiger partial charge in [-0.3, -0.25) is 0 Å². The fraction of sp³-hybridized carbons (Fsp3) is 0.300. The number of allylic oxidation sites excluding steroid dienone is 1. The van der Waals surface area contributed by atoms with E-state index in [2.05, 4.69) is 76.2 Å². The fourth-order valence-electron chi connectivity index (χ4n) is 2.94. The Hall–Kier alpha value is -0.357. The molecule has 0 bridgehead atoms. The van der Waals surface area contributed by atoms with Crippen LogP contribution in [0.15, 0.2) is 48.0 Å². The predicted molar refractivity (Wildman–Crippen MR) is 99.6 cm³/mol. The molecule has 0 nitrogen and oxygen atoms in total. The van der Waals surface area contributed by atoms with Crippen molar-refractivity contribution < 1.29 is 20.8 Å². The van der Waals surface area contributed by atoms with Gasteiger partial charge in [-0.2, -0.15) is 0 Å². The van der Waals surface area contributed by atoms with Gasteiger partial charge in [-0.05, 0) is 46.6 Å². The summed E-state index contributed by atoms with van der Waals surface area (Å²) >= 11 is -0.826. The van der Waals surface area contributed by atoms with Crippen molar-refractivity contribution in [2.45, 2.75) is 39.5 Å². The average molecular weight is 425 g/mol. The molecule has 1 aliphatic rings. The van der Waals surface area contributed by atoms with Gasteiger partial charge in [-0.1, -0.05) is 74.9 Å². The van der Waals surface area contributed by atoms with E-state index in [0.29, 0.717) is 0 Å². The topological polar surface area (TPSA) is 0 Å². The summed E-state index contributed by atoms with van der Waals surface area (Å²) in [6.07, 6.45) is 3.44. The Morgan fingerprint density at radius 2 is 1.57 bits per heavy atom. The SMILES string of the molecule is CC1=Cc2c(cccc2-c2ccc(C(C)(C)C)cc2)C1.[Cl][Zr][Cl]. The quantitative estimate of drug-likeness (QED) is 0.463. The molecule has 0 amide bonds. The zero-order chi connectivity index (χ0) is 17.0. The third kappa shape index (κ3) is 4.82. The third-order valence-corrected chi connectivity index (χ3v) is 4.12. The Morgan fingerprint density at radius 3 is 2.13 bits per heavy atom. The number of hydrogen-bond donors (Lipinski definition) is 0. The van der Waals surface area contributed by atoms with E-state index in [4.69, 9.17) is 17.0 Å². The van der Waals surface area contributed by atoms with Gasteiger partial charge in [0.1, 0.15) is 0 Å². The normalized spacial score (nSPS) is 12.9. The van der Waals surface area contributed by atoms with Crippen LogP contribution in [0.2, 0.25) is 0 Å². The first-order valence-corrected chi connectivity index (χ1v) is 14.1. The van der Waals surface area contributed by atoms with Crippen molar-refractivity contribution in [2.75, 3.05) is 0 Å². The molecule has 1 aliphatic carbocycles. The summed E-state index contributed by atoms with van der Waals surface area (Å²) in [4.78, 5) is 0. The minimum absolute atomic E-state index is 0.216. The van der Waals surface area contributed by atoms with Gasteiger partial charge in [0.25, 0.3) is 0 Å². The van der Waals surface area contributed by atoms with Crippen molar-refractivity contribution in [2.24, 2.45) is 0 Å². The average Bonchev–Trinajstić information content (AvgIpc) is 2.87. The molecule has 23 heavy (non-hydrogen) atoms. The van der Waals surface area contributed by atoms with Crippen LogP contribution in [0.1, 0.15) is 44.4 Å². The molecule has 0 heterocycles.